The third kappa shape index (κ3) is 3.70. The predicted octanol–water partition coefficient (Wildman–Crippen LogP) is 1.19. The summed E-state index contributed by atoms with van der Waals surface area (Å²) < 4.78 is 0. The minimum Gasteiger partial charge on any atom is -0.480 e. The van der Waals surface area contributed by atoms with Gasteiger partial charge in [0.15, 0.2) is 0 Å². The number of likely N-dealkylation sites (tertiary alicyclic amines) is 1. The Bertz CT molecular complexity index is 611. The van der Waals surface area contributed by atoms with E-state index in [1.807, 2.05) is 4.90 Å². The number of hydrogen-bond donors (Lipinski definition) is 1. The molecule has 2 fully saturated rings. The van der Waals surface area contributed by atoms with E-state index in [0.29, 0.717) is 26.1 Å². The maximum Gasteiger partial charge on any atom is 0.320 e. The van der Waals surface area contributed by atoms with Gasteiger partial charge in [-0.05, 0) is 44.0 Å². The number of piperazine rings is 1. The molecule has 2 saturated heterocycles. The molecule has 2 heterocycles. The number of aliphatic carboxylic acids is 1. The molecule has 2 aliphatic heterocycles. The maximum atomic E-state index is 12.5. The van der Waals surface area contributed by atoms with E-state index in [-0.39, 0.29) is 12.5 Å². The molecule has 2 aliphatic rings. The van der Waals surface area contributed by atoms with Crippen molar-refractivity contribution in [3.05, 3.63) is 29.8 Å². The number of nitrogens with zero attached hydrogens (tertiary/aromatic N) is 3. The number of carboxylic acids is 1. The number of carboxylic acid groups (broad SMARTS) is 1. The lowest BCUT2D eigenvalue weighted by Crippen LogP contribution is -2.52. The van der Waals surface area contributed by atoms with Crippen molar-refractivity contribution in [2.75, 3.05) is 44.2 Å². The SMILES string of the molecule is Cc1cccc(N2CCN(C(=O)CN3CCC[C@H]3C(=O)O)CC2)c1. The van der Waals surface area contributed by atoms with E-state index in [4.69, 9.17) is 0 Å². The van der Waals surface area contributed by atoms with E-state index in [1.54, 1.807) is 4.90 Å². The van der Waals surface area contributed by atoms with Crippen LogP contribution in [0.5, 0.6) is 0 Å². The predicted molar refractivity (Wildman–Crippen MR) is 92.2 cm³/mol. The maximum absolute atomic E-state index is 12.5. The van der Waals surface area contributed by atoms with E-state index in [1.165, 1.54) is 11.3 Å². The largest absolute Gasteiger partial charge is 0.480 e. The Labute approximate surface area is 142 Å². The number of rotatable bonds is 4. The van der Waals surface area contributed by atoms with E-state index in [9.17, 15) is 14.7 Å². The Morgan fingerprint density at radius 3 is 2.58 bits per heavy atom. The van der Waals surface area contributed by atoms with Crippen LogP contribution < -0.4 is 4.90 Å². The van der Waals surface area contributed by atoms with Gasteiger partial charge in [-0.2, -0.15) is 0 Å². The molecule has 3 rings (SSSR count). The van der Waals surface area contributed by atoms with Crippen molar-refractivity contribution < 1.29 is 14.7 Å². The van der Waals surface area contributed by atoms with Crippen LogP contribution in [-0.2, 0) is 9.59 Å². The molecule has 6 heteroatoms. The van der Waals surface area contributed by atoms with Gasteiger partial charge in [0, 0.05) is 31.9 Å². The zero-order valence-electron chi connectivity index (χ0n) is 14.1. The standard InChI is InChI=1S/C18H25N3O3/c1-14-4-2-5-15(12-14)19-8-10-20(11-9-19)17(22)13-21-7-3-6-16(21)18(23)24/h2,4-5,12,16H,3,6-11,13H2,1H3,(H,23,24)/t16-/m0/s1. The first kappa shape index (κ1) is 16.8. The minimum atomic E-state index is -0.815. The average Bonchev–Trinajstić information content (AvgIpc) is 3.03. The third-order valence-corrected chi connectivity index (χ3v) is 4.99. The number of anilines is 1. The first-order valence-electron chi connectivity index (χ1n) is 8.61. The zero-order valence-corrected chi connectivity index (χ0v) is 14.1. The fraction of sp³-hybridized carbons (Fsp3) is 0.556. The molecule has 1 N–H and O–H groups in total. The Hall–Kier alpha value is -2.08. The van der Waals surface area contributed by atoms with Gasteiger partial charge in [0.05, 0.1) is 6.54 Å². The topological polar surface area (TPSA) is 64.1 Å². The monoisotopic (exact) mass is 331 g/mol. The van der Waals surface area contributed by atoms with Gasteiger partial charge in [0.1, 0.15) is 6.04 Å². The number of benzene rings is 1. The second kappa shape index (κ2) is 7.21. The van der Waals surface area contributed by atoms with Gasteiger partial charge < -0.3 is 14.9 Å². The van der Waals surface area contributed by atoms with Crippen LogP contribution in [0.4, 0.5) is 5.69 Å². The fourth-order valence-corrected chi connectivity index (χ4v) is 3.61. The first-order valence-corrected chi connectivity index (χ1v) is 8.61. The Balaban J connectivity index is 1.53. The summed E-state index contributed by atoms with van der Waals surface area (Å²) in [4.78, 5) is 29.7. The van der Waals surface area contributed by atoms with Crippen molar-refractivity contribution in [2.45, 2.75) is 25.8 Å². The number of hydrogen-bond acceptors (Lipinski definition) is 4. The highest BCUT2D eigenvalue weighted by Gasteiger charge is 2.33. The normalized spacial score (nSPS) is 22.0. The van der Waals surface area contributed by atoms with Gasteiger partial charge in [-0.3, -0.25) is 14.5 Å². The Morgan fingerprint density at radius 2 is 1.92 bits per heavy atom. The number of carbonyl (C=O) groups excluding carboxylic acids is 1. The molecule has 0 aliphatic carbocycles. The van der Waals surface area contributed by atoms with Crippen LogP contribution in [0.2, 0.25) is 0 Å². The highest BCUT2D eigenvalue weighted by molar-refractivity contribution is 5.80. The van der Waals surface area contributed by atoms with Crippen LogP contribution in [0.15, 0.2) is 24.3 Å². The summed E-state index contributed by atoms with van der Waals surface area (Å²) in [5.41, 5.74) is 2.44. The second-order valence-electron chi connectivity index (χ2n) is 6.67. The van der Waals surface area contributed by atoms with Gasteiger partial charge in [0.25, 0.3) is 0 Å². The molecular formula is C18H25N3O3. The molecule has 6 nitrogen and oxygen atoms in total. The Morgan fingerprint density at radius 1 is 1.17 bits per heavy atom. The Kier molecular flexibility index (Phi) is 5.04. The van der Waals surface area contributed by atoms with E-state index in [2.05, 4.69) is 36.1 Å². The van der Waals surface area contributed by atoms with Crippen LogP contribution in [0.1, 0.15) is 18.4 Å². The molecular weight excluding hydrogens is 306 g/mol. The van der Waals surface area contributed by atoms with Gasteiger partial charge in [-0.15, -0.1) is 0 Å². The molecule has 0 unspecified atom stereocenters. The molecule has 1 atom stereocenters. The lowest BCUT2D eigenvalue weighted by atomic mass is 10.2. The summed E-state index contributed by atoms with van der Waals surface area (Å²) in [6.45, 7) is 6.03. The molecule has 1 aromatic carbocycles. The molecule has 0 spiro atoms. The van der Waals surface area contributed by atoms with Crippen molar-refractivity contribution in [3.63, 3.8) is 0 Å². The van der Waals surface area contributed by atoms with E-state index < -0.39 is 12.0 Å². The summed E-state index contributed by atoms with van der Waals surface area (Å²) in [6.07, 6.45) is 1.50. The third-order valence-electron chi connectivity index (χ3n) is 4.99. The molecule has 0 saturated carbocycles. The summed E-state index contributed by atoms with van der Waals surface area (Å²) >= 11 is 0. The summed E-state index contributed by atoms with van der Waals surface area (Å²) in [7, 11) is 0. The molecule has 1 amide bonds. The first-order chi connectivity index (χ1) is 11.5. The molecule has 130 valence electrons. The molecule has 1 aromatic rings. The van der Waals surface area contributed by atoms with Gasteiger partial charge in [0.2, 0.25) is 5.91 Å². The van der Waals surface area contributed by atoms with Crippen molar-refractivity contribution in [1.82, 2.24) is 9.80 Å². The molecule has 0 radical (unpaired) electrons. The van der Waals surface area contributed by atoms with Crippen LogP contribution >= 0.6 is 0 Å². The second-order valence-corrected chi connectivity index (χ2v) is 6.67. The lowest BCUT2D eigenvalue weighted by molar-refractivity contribution is -0.143. The van der Waals surface area contributed by atoms with Gasteiger partial charge >= 0.3 is 5.97 Å². The molecule has 0 aromatic heterocycles. The van der Waals surface area contributed by atoms with Crippen molar-refractivity contribution in [1.29, 1.82) is 0 Å². The minimum absolute atomic E-state index is 0.0482. The van der Waals surface area contributed by atoms with Crippen molar-refractivity contribution in [3.8, 4) is 0 Å². The smallest absolute Gasteiger partial charge is 0.320 e. The quantitative estimate of drug-likeness (QED) is 0.898. The number of carbonyl (C=O) groups is 2. The molecule has 24 heavy (non-hydrogen) atoms. The summed E-state index contributed by atoms with van der Waals surface area (Å²) in [6, 6.07) is 7.91. The lowest BCUT2D eigenvalue weighted by Gasteiger charge is -2.37. The van der Waals surface area contributed by atoms with Crippen molar-refractivity contribution >= 4 is 17.6 Å². The number of aryl methyl sites for hydroxylation is 1. The fourth-order valence-electron chi connectivity index (χ4n) is 3.61. The van der Waals surface area contributed by atoms with Crippen molar-refractivity contribution in [2.24, 2.45) is 0 Å². The zero-order chi connectivity index (χ0) is 17.1. The van der Waals surface area contributed by atoms with Crippen LogP contribution in [0, 0.1) is 6.92 Å². The van der Waals surface area contributed by atoms with E-state index >= 15 is 0 Å². The van der Waals surface area contributed by atoms with Gasteiger partial charge in [-0.25, -0.2) is 0 Å². The molecule has 0 bridgehead atoms. The van der Waals surface area contributed by atoms with Crippen LogP contribution in [0.3, 0.4) is 0 Å². The van der Waals surface area contributed by atoms with Crippen LogP contribution in [-0.4, -0.2) is 72.1 Å². The van der Waals surface area contributed by atoms with Gasteiger partial charge in [-0.1, -0.05) is 12.1 Å². The average molecular weight is 331 g/mol. The van der Waals surface area contributed by atoms with Crippen LogP contribution in [0.25, 0.3) is 0 Å². The highest BCUT2D eigenvalue weighted by atomic mass is 16.4. The van der Waals surface area contributed by atoms with E-state index in [0.717, 1.165) is 19.5 Å². The summed E-state index contributed by atoms with van der Waals surface area (Å²) in [5, 5.41) is 9.22. The highest BCUT2D eigenvalue weighted by Crippen LogP contribution is 2.19. The number of amides is 1. The summed E-state index contributed by atoms with van der Waals surface area (Å²) in [5.74, 6) is -0.767.